The molecule has 0 spiro atoms. The number of hydrogen-bond donors (Lipinski definition) is 0. The average Bonchev–Trinajstić information content (AvgIpc) is 2.64. The molecule has 3 aliphatic carbocycles. The van der Waals surface area contributed by atoms with Gasteiger partial charge in [0, 0.05) is 11.1 Å². The van der Waals surface area contributed by atoms with Gasteiger partial charge in [-0.1, -0.05) is 91.0 Å². The van der Waals surface area contributed by atoms with E-state index in [0.29, 0.717) is 5.41 Å². The first-order chi connectivity index (χ1) is 12.8. The third-order valence-electron chi connectivity index (χ3n) is 6.13. The largest absolute Gasteiger partial charge is 0.275 e. The second kappa shape index (κ2) is 6.25. The molecule has 1 unspecified atom stereocenters. The Morgan fingerprint density at radius 2 is 1.15 bits per heavy atom. The van der Waals surface area contributed by atoms with Crippen LogP contribution in [0.5, 0.6) is 0 Å². The molecule has 0 saturated heterocycles. The fraction of sp³-hybridized carbons (Fsp3) is 0.240. The summed E-state index contributed by atoms with van der Waals surface area (Å²) < 4.78 is 0. The van der Waals surface area contributed by atoms with Gasteiger partial charge in [-0.05, 0) is 36.2 Å². The summed E-state index contributed by atoms with van der Waals surface area (Å²) in [7, 11) is 0. The maximum absolute atomic E-state index is 5.44. The number of benzene rings is 3. The van der Waals surface area contributed by atoms with Crippen molar-refractivity contribution in [2.75, 3.05) is 0 Å². The molecule has 3 fully saturated rings. The van der Waals surface area contributed by atoms with E-state index in [1.54, 1.807) is 0 Å². The lowest BCUT2D eigenvalue weighted by molar-refractivity contribution is -0.125. The molecule has 3 aromatic carbocycles. The van der Waals surface area contributed by atoms with Crippen molar-refractivity contribution >= 4 is 5.71 Å². The van der Waals surface area contributed by atoms with Gasteiger partial charge in [0.2, 0.25) is 0 Å². The monoisotopic (exact) mass is 337 g/mol. The Kier molecular flexibility index (Phi) is 3.74. The van der Waals surface area contributed by atoms with E-state index in [2.05, 4.69) is 91.0 Å². The number of rotatable bonds is 5. The molecule has 1 nitrogen and oxygen atoms in total. The van der Waals surface area contributed by atoms with Crippen LogP contribution in [-0.4, -0.2) is 5.71 Å². The van der Waals surface area contributed by atoms with Crippen molar-refractivity contribution in [2.45, 2.75) is 25.3 Å². The molecule has 1 atom stereocenters. The fourth-order valence-corrected chi connectivity index (χ4v) is 4.72. The Hall–Kier alpha value is -2.67. The fourth-order valence-electron chi connectivity index (χ4n) is 4.72. The van der Waals surface area contributed by atoms with Crippen LogP contribution >= 0.6 is 0 Å². The van der Waals surface area contributed by atoms with Crippen molar-refractivity contribution in [1.29, 1.82) is 0 Å². The SMILES string of the molecule is c1ccc(C(=NC(c2ccccc2)C23CC(C2)C3)c2ccccc2)cc1. The van der Waals surface area contributed by atoms with E-state index in [4.69, 9.17) is 4.99 Å². The molecule has 0 heterocycles. The van der Waals surface area contributed by atoms with Crippen LogP contribution in [0.3, 0.4) is 0 Å². The van der Waals surface area contributed by atoms with Gasteiger partial charge in [0.15, 0.2) is 0 Å². The maximum atomic E-state index is 5.44. The molecule has 0 aliphatic heterocycles. The molecule has 2 bridgehead atoms. The summed E-state index contributed by atoms with van der Waals surface area (Å²) in [6, 6.07) is 32.4. The van der Waals surface area contributed by atoms with Crippen LogP contribution in [0.2, 0.25) is 0 Å². The summed E-state index contributed by atoms with van der Waals surface area (Å²) in [6.45, 7) is 0. The van der Waals surface area contributed by atoms with Gasteiger partial charge in [0.05, 0.1) is 11.8 Å². The third-order valence-corrected chi connectivity index (χ3v) is 6.13. The van der Waals surface area contributed by atoms with Gasteiger partial charge >= 0.3 is 0 Å². The first-order valence-electron chi connectivity index (χ1n) is 9.58. The van der Waals surface area contributed by atoms with E-state index < -0.39 is 0 Å². The lowest BCUT2D eigenvalue weighted by atomic mass is 9.41. The Morgan fingerprint density at radius 3 is 1.58 bits per heavy atom. The minimum absolute atomic E-state index is 0.254. The van der Waals surface area contributed by atoms with Crippen molar-refractivity contribution in [1.82, 2.24) is 0 Å². The zero-order valence-corrected chi connectivity index (χ0v) is 14.9. The van der Waals surface area contributed by atoms with Gasteiger partial charge in [-0.15, -0.1) is 0 Å². The third kappa shape index (κ3) is 2.59. The zero-order valence-electron chi connectivity index (χ0n) is 14.9. The van der Waals surface area contributed by atoms with Crippen LogP contribution in [-0.2, 0) is 0 Å². The summed E-state index contributed by atoms with van der Waals surface area (Å²) in [5.41, 5.74) is 5.26. The predicted octanol–water partition coefficient (Wildman–Crippen LogP) is 6.07. The highest BCUT2D eigenvalue weighted by atomic mass is 14.9. The van der Waals surface area contributed by atoms with Crippen LogP contribution in [0.15, 0.2) is 96.0 Å². The van der Waals surface area contributed by atoms with Crippen molar-refractivity contribution in [3.05, 3.63) is 108 Å². The quantitative estimate of drug-likeness (QED) is 0.501. The smallest absolute Gasteiger partial charge is 0.0813 e. The standard InChI is InChI=1S/C25H23N/c1-4-10-20(11-5-1)23(21-12-6-2-7-13-21)26-24(22-14-8-3-9-15-22)25-16-19(17-25)18-25/h1-15,19,24H,16-18H2. The maximum Gasteiger partial charge on any atom is 0.0813 e. The number of nitrogens with zero attached hydrogens (tertiary/aromatic N) is 1. The normalized spacial score (nSPS) is 24.1. The van der Waals surface area contributed by atoms with Gasteiger partial charge in [0.25, 0.3) is 0 Å². The van der Waals surface area contributed by atoms with Gasteiger partial charge in [0.1, 0.15) is 0 Å². The second-order valence-electron chi connectivity index (χ2n) is 7.86. The van der Waals surface area contributed by atoms with E-state index in [1.165, 1.54) is 36.0 Å². The van der Waals surface area contributed by atoms with Crippen molar-refractivity contribution in [2.24, 2.45) is 16.3 Å². The number of hydrogen-bond acceptors (Lipinski definition) is 1. The summed E-state index contributed by atoms with van der Waals surface area (Å²) >= 11 is 0. The molecule has 0 aromatic heterocycles. The van der Waals surface area contributed by atoms with Gasteiger partial charge < -0.3 is 0 Å². The summed E-state index contributed by atoms with van der Waals surface area (Å²) in [5.74, 6) is 0.952. The molecule has 0 amide bonds. The van der Waals surface area contributed by atoms with Gasteiger partial charge in [-0.2, -0.15) is 0 Å². The summed E-state index contributed by atoms with van der Waals surface area (Å²) in [5, 5.41) is 0. The Balaban J connectivity index is 1.64. The Morgan fingerprint density at radius 1 is 0.692 bits per heavy atom. The molecule has 1 heteroatoms. The molecule has 128 valence electrons. The highest BCUT2D eigenvalue weighted by molar-refractivity contribution is 6.13. The lowest BCUT2D eigenvalue weighted by Crippen LogP contribution is -2.55. The van der Waals surface area contributed by atoms with E-state index >= 15 is 0 Å². The molecule has 3 aliphatic rings. The van der Waals surface area contributed by atoms with Crippen molar-refractivity contribution in [3.8, 4) is 0 Å². The molecule has 3 saturated carbocycles. The summed E-state index contributed by atoms with van der Waals surface area (Å²) in [6.07, 6.45) is 4.02. The van der Waals surface area contributed by atoms with Crippen molar-refractivity contribution < 1.29 is 0 Å². The highest BCUT2D eigenvalue weighted by Gasteiger charge is 2.61. The first-order valence-corrected chi connectivity index (χ1v) is 9.58. The topological polar surface area (TPSA) is 12.4 Å². The van der Waals surface area contributed by atoms with Crippen LogP contribution in [0.4, 0.5) is 0 Å². The van der Waals surface area contributed by atoms with Crippen LogP contribution in [0.1, 0.15) is 42.0 Å². The molecule has 0 N–H and O–H groups in total. The van der Waals surface area contributed by atoms with E-state index in [9.17, 15) is 0 Å². The molecular formula is C25H23N. The van der Waals surface area contributed by atoms with Crippen LogP contribution in [0.25, 0.3) is 0 Å². The predicted molar refractivity (Wildman–Crippen MR) is 107 cm³/mol. The van der Waals surface area contributed by atoms with Crippen LogP contribution < -0.4 is 0 Å². The van der Waals surface area contributed by atoms with Gasteiger partial charge in [-0.3, -0.25) is 4.99 Å². The molecule has 6 rings (SSSR count). The molecule has 3 aromatic rings. The minimum Gasteiger partial charge on any atom is -0.275 e. The first kappa shape index (κ1) is 15.6. The Bertz CT molecular complexity index is 854. The molecular weight excluding hydrogens is 314 g/mol. The van der Waals surface area contributed by atoms with Crippen molar-refractivity contribution in [3.63, 3.8) is 0 Å². The molecule has 26 heavy (non-hydrogen) atoms. The zero-order chi connectivity index (χ0) is 17.4. The highest BCUT2D eigenvalue weighted by Crippen LogP contribution is 2.70. The van der Waals surface area contributed by atoms with E-state index in [-0.39, 0.29) is 6.04 Å². The van der Waals surface area contributed by atoms with Crippen LogP contribution in [0, 0.1) is 11.3 Å². The lowest BCUT2D eigenvalue weighted by Gasteiger charge is -2.64. The molecule has 0 radical (unpaired) electrons. The average molecular weight is 337 g/mol. The van der Waals surface area contributed by atoms with Gasteiger partial charge in [-0.25, -0.2) is 0 Å². The number of aliphatic imine (C=N–C) groups is 1. The minimum atomic E-state index is 0.254. The van der Waals surface area contributed by atoms with E-state index in [0.717, 1.165) is 11.6 Å². The summed E-state index contributed by atoms with van der Waals surface area (Å²) in [4.78, 5) is 5.44. The Labute approximate surface area is 155 Å². The second-order valence-corrected chi connectivity index (χ2v) is 7.86. The van der Waals surface area contributed by atoms with E-state index in [1.807, 2.05) is 0 Å².